The van der Waals surface area contributed by atoms with Crippen molar-refractivity contribution in [2.24, 2.45) is 0 Å². The molecule has 2 aromatic carbocycles. The van der Waals surface area contributed by atoms with Crippen LogP contribution in [0.4, 0.5) is 0 Å². The molecule has 0 bridgehead atoms. The molecule has 10 heteroatoms. The van der Waals surface area contributed by atoms with Crippen LogP contribution in [0.25, 0.3) is 10.9 Å². The fourth-order valence-electron chi connectivity index (χ4n) is 4.42. The van der Waals surface area contributed by atoms with E-state index in [4.69, 9.17) is 14.6 Å². The number of carbonyl (C=O) groups is 2. The molecule has 1 heterocycles. The summed E-state index contributed by atoms with van der Waals surface area (Å²) >= 11 is 2.05. The van der Waals surface area contributed by atoms with Gasteiger partial charge in [-0.05, 0) is 71.2 Å². The summed E-state index contributed by atoms with van der Waals surface area (Å²) < 4.78 is 12.2. The maximum absolute atomic E-state index is 12.7. The van der Waals surface area contributed by atoms with Crippen molar-refractivity contribution < 1.29 is 29.3 Å². The number of nitrogens with one attached hydrogen (secondary N) is 3. The summed E-state index contributed by atoms with van der Waals surface area (Å²) in [6.45, 7) is 0.523. The van der Waals surface area contributed by atoms with Gasteiger partial charge in [0.25, 0.3) is 0 Å². The van der Waals surface area contributed by atoms with Crippen LogP contribution in [0.2, 0.25) is 0 Å². The predicted octanol–water partition coefficient (Wildman–Crippen LogP) is 2.34. The van der Waals surface area contributed by atoms with Crippen molar-refractivity contribution in [2.75, 3.05) is 26.8 Å². The third kappa shape index (κ3) is 6.50. The van der Waals surface area contributed by atoms with Crippen molar-refractivity contribution in [1.29, 1.82) is 0 Å². The molecule has 0 saturated carbocycles. The molecule has 9 nitrogen and oxygen atoms in total. The molecule has 0 aliphatic heterocycles. The molecule has 1 aliphatic rings. The zero-order valence-corrected chi connectivity index (χ0v) is 22.5. The molecular formula is C27H30IN3O6. The summed E-state index contributed by atoms with van der Waals surface area (Å²) in [4.78, 5) is 27.4. The molecule has 1 aromatic heterocycles. The highest BCUT2D eigenvalue weighted by Crippen LogP contribution is 2.36. The van der Waals surface area contributed by atoms with Crippen LogP contribution >= 0.6 is 22.6 Å². The van der Waals surface area contributed by atoms with Gasteiger partial charge in [-0.2, -0.15) is 0 Å². The highest BCUT2D eigenvalue weighted by Gasteiger charge is 2.36. The highest BCUT2D eigenvalue weighted by molar-refractivity contribution is 14.1. The number of rotatable bonds is 11. The Kier molecular flexibility index (Phi) is 9.19. The number of ether oxygens (including phenoxy) is 2. The van der Waals surface area contributed by atoms with Crippen LogP contribution in [-0.2, 0) is 11.2 Å². The molecule has 3 aromatic rings. The summed E-state index contributed by atoms with van der Waals surface area (Å²) in [5.41, 5.74) is 3.02. The number of amides is 1. The third-order valence-electron chi connectivity index (χ3n) is 6.27. The zero-order valence-electron chi connectivity index (χ0n) is 20.4. The number of para-hydroxylation sites is 1. The quantitative estimate of drug-likeness (QED) is 0.165. The Morgan fingerprint density at radius 3 is 2.78 bits per heavy atom. The van der Waals surface area contributed by atoms with E-state index in [9.17, 15) is 14.7 Å². The van der Waals surface area contributed by atoms with Gasteiger partial charge in [-0.1, -0.05) is 18.2 Å². The Hall–Kier alpha value is -2.93. The molecule has 0 radical (unpaired) electrons. The van der Waals surface area contributed by atoms with Crippen molar-refractivity contribution in [1.82, 2.24) is 15.6 Å². The molecule has 3 atom stereocenters. The number of hydrogen-bond donors (Lipinski definition) is 5. The number of carbonyl (C=O) groups excluding carboxylic acids is 2. The lowest BCUT2D eigenvalue weighted by atomic mass is 9.89. The van der Waals surface area contributed by atoms with E-state index in [0.717, 1.165) is 22.9 Å². The van der Waals surface area contributed by atoms with Gasteiger partial charge in [-0.25, -0.2) is 0 Å². The summed E-state index contributed by atoms with van der Waals surface area (Å²) in [6.07, 6.45) is 1.53. The summed E-state index contributed by atoms with van der Waals surface area (Å²) in [5.74, 6) is 0.410. The lowest BCUT2D eigenvalue weighted by Gasteiger charge is -2.34. The van der Waals surface area contributed by atoms with Crippen molar-refractivity contribution in [3.63, 3.8) is 0 Å². The first-order valence-electron chi connectivity index (χ1n) is 12.0. The number of aromatic nitrogens is 1. The summed E-state index contributed by atoms with van der Waals surface area (Å²) in [7, 11) is 1.47. The van der Waals surface area contributed by atoms with E-state index < -0.39 is 18.2 Å². The molecule has 1 aliphatic carbocycles. The van der Waals surface area contributed by atoms with E-state index in [1.54, 1.807) is 18.2 Å². The van der Waals surface area contributed by atoms with E-state index in [0.29, 0.717) is 45.6 Å². The number of H-pyrrole nitrogens is 1. The second kappa shape index (κ2) is 12.5. The first-order valence-corrected chi connectivity index (χ1v) is 13.1. The van der Waals surface area contributed by atoms with Crippen LogP contribution in [0, 0.1) is 3.57 Å². The normalized spacial score (nSPS) is 19.4. The fourth-order valence-corrected chi connectivity index (χ4v) is 5.17. The third-order valence-corrected chi connectivity index (χ3v) is 7.07. The molecule has 0 saturated heterocycles. The van der Waals surface area contributed by atoms with E-state index >= 15 is 0 Å². The molecule has 37 heavy (non-hydrogen) atoms. The topological polar surface area (TPSA) is 133 Å². The molecule has 5 N–H and O–H groups in total. The van der Waals surface area contributed by atoms with E-state index in [-0.39, 0.29) is 19.1 Å². The molecule has 196 valence electrons. The van der Waals surface area contributed by atoms with Gasteiger partial charge in [0, 0.05) is 41.5 Å². The first kappa shape index (κ1) is 27.1. The minimum atomic E-state index is -0.955. The van der Waals surface area contributed by atoms with Crippen molar-refractivity contribution in [3.8, 4) is 11.5 Å². The van der Waals surface area contributed by atoms with Gasteiger partial charge in [-0.15, -0.1) is 0 Å². The highest BCUT2D eigenvalue weighted by atomic mass is 127. The lowest BCUT2D eigenvalue weighted by Crippen LogP contribution is -2.52. The van der Waals surface area contributed by atoms with Crippen LogP contribution in [0.3, 0.4) is 0 Å². The number of halogens is 1. The Morgan fingerprint density at radius 1 is 1.24 bits per heavy atom. The predicted molar refractivity (Wildman–Crippen MR) is 148 cm³/mol. The van der Waals surface area contributed by atoms with E-state index in [1.807, 2.05) is 40.8 Å². The van der Waals surface area contributed by atoms with Crippen molar-refractivity contribution in [2.45, 2.75) is 31.1 Å². The van der Waals surface area contributed by atoms with Gasteiger partial charge in [0.15, 0.2) is 11.5 Å². The van der Waals surface area contributed by atoms with E-state index in [2.05, 4.69) is 27.8 Å². The molecule has 4 rings (SSSR count). The number of aldehydes is 1. The van der Waals surface area contributed by atoms with Crippen LogP contribution in [0.5, 0.6) is 11.5 Å². The Labute approximate surface area is 228 Å². The van der Waals surface area contributed by atoms with E-state index in [1.165, 1.54) is 7.11 Å². The Balaban J connectivity index is 1.52. The van der Waals surface area contributed by atoms with Gasteiger partial charge >= 0.3 is 0 Å². The maximum atomic E-state index is 12.7. The second-order valence-electron chi connectivity index (χ2n) is 8.79. The first-order chi connectivity index (χ1) is 17.9. The number of fused-ring (bicyclic) bond motifs is 1. The minimum Gasteiger partial charge on any atom is -0.493 e. The number of methoxy groups -OCH3 is 1. The minimum absolute atomic E-state index is 0.127. The smallest absolute Gasteiger partial charge is 0.247 e. The Morgan fingerprint density at radius 2 is 2.05 bits per heavy atom. The van der Waals surface area contributed by atoms with Crippen molar-refractivity contribution in [3.05, 3.63) is 68.9 Å². The van der Waals surface area contributed by atoms with Gasteiger partial charge in [0.2, 0.25) is 5.91 Å². The van der Waals surface area contributed by atoms with Crippen LogP contribution < -0.4 is 20.1 Å². The van der Waals surface area contributed by atoms with Gasteiger partial charge in [0.1, 0.15) is 18.5 Å². The molecule has 1 amide bonds. The summed E-state index contributed by atoms with van der Waals surface area (Å²) in [5, 5.41) is 27.5. The SMILES string of the molecule is COc1cc(C=O)cc(I)c1OC1C=C(C(=O)NCCO)CC(NCCc2cc3ccccc3[nH]2)C1O. The molecule has 0 spiro atoms. The number of aliphatic hydroxyl groups excluding tert-OH is 2. The average Bonchev–Trinajstić information content (AvgIpc) is 3.32. The standard InChI is InChI=1S/C27H30IN3O6/c1-36-24-11-16(15-33)10-20(28)26(24)37-23-14-18(27(35)30-8-9-32)13-22(25(23)34)29-7-6-19-12-17-4-2-3-5-21(17)31-19/h2-5,10-12,14-15,22-23,25,29,31-32,34H,6-9,13H2,1H3,(H,30,35). The fraction of sp³-hybridized carbons (Fsp3) is 0.333. The average molecular weight is 619 g/mol. The van der Waals surface area contributed by atoms with Gasteiger partial charge in [-0.3, -0.25) is 9.59 Å². The zero-order chi connectivity index (χ0) is 26.4. The maximum Gasteiger partial charge on any atom is 0.247 e. The van der Waals surface area contributed by atoms with Crippen molar-refractivity contribution >= 4 is 45.7 Å². The Bertz CT molecular complexity index is 1260. The van der Waals surface area contributed by atoms with Crippen LogP contribution in [-0.4, -0.2) is 72.4 Å². The number of aromatic amines is 1. The largest absolute Gasteiger partial charge is 0.493 e. The van der Waals surface area contributed by atoms with Crippen LogP contribution in [0.1, 0.15) is 22.5 Å². The summed E-state index contributed by atoms with van der Waals surface area (Å²) in [6, 6.07) is 12.9. The van der Waals surface area contributed by atoms with Gasteiger partial charge in [0.05, 0.1) is 17.3 Å². The lowest BCUT2D eigenvalue weighted by molar-refractivity contribution is -0.118. The van der Waals surface area contributed by atoms with Crippen LogP contribution in [0.15, 0.2) is 54.1 Å². The number of hydrogen-bond acceptors (Lipinski definition) is 7. The number of aliphatic hydroxyl groups is 2. The molecule has 0 fully saturated rings. The molecular weight excluding hydrogens is 589 g/mol. The molecule has 3 unspecified atom stereocenters. The van der Waals surface area contributed by atoms with Gasteiger partial charge < -0.3 is 35.3 Å². The second-order valence-corrected chi connectivity index (χ2v) is 9.96. The number of benzene rings is 2. The monoisotopic (exact) mass is 619 g/mol.